The van der Waals surface area contributed by atoms with Gasteiger partial charge in [-0.3, -0.25) is 0 Å². The van der Waals surface area contributed by atoms with E-state index in [1.54, 1.807) is 13.2 Å². The third-order valence-electron chi connectivity index (χ3n) is 2.29. The quantitative estimate of drug-likeness (QED) is 0.719. The van der Waals surface area contributed by atoms with Crippen LogP contribution in [0, 0.1) is 0 Å². The molecule has 0 aromatic heterocycles. The highest BCUT2D eigenvalue weighted by Gasteiger charge is 2.00. The number of benzene rings is 1. The molecule has 0 saturated heterocycles. The summed E-state index contributed by atoms with van der Waals surface area (Å²) in [5.74, 6) is 0.661. The number of carbonyl (C=O) groups excluding carboxylic acids is 1. The standard InChI is InChI=1S/C13H19ClN2O3/c1-18-10-8-16-13(17)15-7-4-9-19-12-6-3-2-5-11(12)14/h2-3,5-6H,4,7-10H2,1H3,(H2,15,16,17). The Morgan fingerprint density at radius 3 is 2.68 bits per heavy atom. The summed E-state index contributed by atoms with van der Waals surface area (Å²) >= 11 is 5.94. The van der Waals surface area contributed by atoms with Crippen LogP contribution in [0.5, 0.6) is 5.75 Å². The summed E-state index contributed by atoms with van der Waals surface area (Å²) in [6, 6.07) is 7.10. The van der Waals surface area contributed by atoms with E-state index in [-0.39, 0.29) is 6.03 Å². The van der Waals surface area contributed by atoms with Crippen molar-refractivity contribution in [2.75, 3.05) is 33.4 Å². The molecule has 0 aliphatic heterocycles. The van der Waals surface area contributed by atoms with Crippen molar-refractivity contribution in [3.63, 3.8) is 0 Å². The molecule has 6 heteroatoms. The molecule has 0 fully saturated rings. The Bertz CT molecular complexity index is 388. The Kier molecular flexibility index (Phi) is 7.77. The molecule has 1 aromatic rings. The van der Waals surface area contributed by atoms with Gasteiger partial charge in [0.25, 0.3) is 0 Å². The molecular weight excluding hydrogens is 268 g/mol. The van der Waals surface area contributed by atoms with E-state index in [0.29, 0.717) is 43.5 Å². The van der Waals surface area contributed by atoms with Crippen LogP contribution in [0.4, 0.5) is 4.79 Å². The minimum Gasteiger partial charge on any atom is -0.492 e. The number of rotatable bonds is 8. The second-order valence-electron chi connectivity index (χ2n) is 3.81. The van der Waals surface area contributed by atoms with Crippen LogP contribution in [0.2, 0.25) is 5.02 Å². The number of ether oxygens (including phenoxy) is 2. The van der Waals surface area contributed by atoms with E-state index in [1.165, 1.54) is 0 Å². The third kappa shape index (κ3) is 6.88. The number of amides is 2. The zero-order valence-corrected chi connectivity index (χ0v) is 11.7. The number of carbonyl (C=O) groups is 1. The Morgan fingerprint density at radius 2 is 1.95 bits per heavy atom. The molecule has 19 heavy (non-hydrogen) atoms. The second-order valence-corrected chi connectivity index (χ2v) is 4.22. The maximum absolute atomic E-state index is 11.3. The minimum absolute atomic E-state index is 0.199. The molecule has 0 heterocycles. The molecule has 106 valence electrons. The molecule has 5 nitrogen and oxygen atoms in total. The maximum Gasteiger partial charge on any atom is 0.314 e. The molecule has 2 N–H and O–H groups in total. The van der Waals surface area contributed by atoms with Crippen LogP contribution in [-0.2, 0) is 4.74 Å². The lowest BCUT2D eigenvalue weighted by atomic mass is 10.3. The molecule has 0 atom stereocenters. The fourth-order valence-electron chi connectivity index (χ4n) is 1.35. The topological polar surface area (TPSA) is 59.6 Å². The molecule has 2 amide bonds. The number of para-hydroxylation sites is 1. The average Bonchev–Trinajstić information content (AvgIpc) is 2.41. The molecule has 0 saturated carbocycles. The van der Waals surface area contributed by atoms with Gasteiger partial charge in [0.15, 0.2) is 0 Å². The van der Waals surface area contributed by atoms with E-state index >= 15 is 0 Å². The van der Waals surface area contributed by atoms with E-state index in [0.717, 1.165) is 0 Å². The number of urea groups is 1. The van der Waals surface area contributed by atoms with E-state index in [1.807, 2.05) is 18.2 Å². The van der Waals surface area contributed by atoms with E-state index in [4.69, 9.17) is 21.1 Å². The number of halogens is 1. The Labute approximate surface area is 118 Å². The van der Waals surface area contributed by atoms with Gasteiger partial charge in [0.1, 0.15) is 5.75 Å². The van der Waals surface area contributed by atoms with Crippen LogP contribution in [-0.4, -0.2) is 39.4 Å². The average molecular weight is 287 g/mol. The lowest BCUT2D eigenvalue weighted by molar-refractivity contribution is 0.195. The van der Waals surface area contributed by atoms with Crippen LogP contribution >= 0.6 is 11.6 Å². The molecule has 1 rings (SSSR count). The molecule has 0 aliphatic rings. The SMILES string of the molecule is COCCNC(=O)NCCCOc1ccccc1Cl. The number of hydrogen-bond acceptors (Lipinski definition) is 3. The van der Waals surface area contributed by atoms with Gasteiger partial charge in [0.05, 0.1) is 18.2 Å². The third-order valence-corrected chi connectivity index (χ3v) is 2.60. The van der Waals surface area contributed by atoms with Crippen molar-refractivity contribution in [2.24, 2.45) is 0 Å². The summed E-state index contributed by atoms with van der Waals surface area (Å²) in [6.45, 7) is 2.05. The summed E-state index contributed by atoms with van der Waals surface area (Å²) < 4.78 is 10.3. The summed E-state index contributed by atoms with van der Waals surface area (Å²) in [6.07, 6.45) is 0.711. The van der Waals surface area contributed by atoms with E-state index < -0.39 is 0 Å². The molecule has 0 unspecified atom stereocenters. The lowest BCUT2D eigenvalue weighted by Gasteiger charge is -2.09. The van der Waals surface area contributed by atoms with Crippen LogP contribution in [0.25, 0.3) is 0 Å². The van der Waals surface area contributed by atoms with E-state index in [9.17, 15) is 4.79 Å². The smallest absolute Gasteiger partial charge is 0.314 e. The van der Waals surface area contributed by atoms with Gasteiger partial charge in [0.2, 0.25) is 0 Å². The molecule has 0 bridgehead atoms. The molecular formula is C13H19ClN2O3. The van der Waals surface area contributed by atoms with Gasteiger partial charge in [0, 0.05) is 20.2 Å². The van der Waals surface area contributed by atoms with Crippen LogP contribution < -0.4 is 15.4 Å². The Balaban J connectivity index is 2.05. The normalized spacial score (nSPS) is 10.0. The summed E-state index contributed by atoms with van der Waals surface area (Å²) in [7, 11) is 1.59. The first-order valence-electron chi connectivity index (χ1n) is 6.12. The Morgan fingerprint density at radius 1 is 1.21 bits per heavy atom. The first kappa shape index (κ1) is 15.6. The molecule has 1 aromatic carbocycles. The zero-order valence-electron chi connectivity index (χ0n) is 10.9. The second kappa shape index (κ2) is 9.47. The van der Waals surface area contributed by atoms with Crippen molar-refractivity contribution >= 4 is 17.6 Å². The summed E-state index contributed by atoms with van der Waals surface area (Å²) in [5.41, 5.74) is 0. The molecule has 0 aliphatic carbocycles. The van der Waals surface area contributed by atoms with Gasteiger partial charge in [-0.15, -0.1) is 0 Å². The van der Waals surface area contributed by atoms with Gasteiger partial charge in [-0.2, -0.15) is 0 Å². The Hall–Kier alpha value is -1.46. The van der Waals surface area contributed by atoms with Crippen molar-refractivity contribution in [1.29, 1.82) is 0 Å². The molecule has 0 spiro atoms. The van der Waals surface area contributed by atoms with Gasteiger partial charge >= 0.3 is 6.03 Å². The summed E-state index contributed by atoms with van der Waals surface area (Å²) in [5, 5.41) is 5.98. The number of methoxy groups -OCH3 is 1. The van der Waals surface area contributed by atoms with E-state index in [2.05, 4.69) is 10.6 Å². The summed E-state index contributed by atoms with van der Waals surface area (Å²) in [4.78, 5) is 11.3. The predicted molar refractivity (Wildman–Crippen MR) is 74.8 cm³/mol. The first-order chi connectivity index (χ1) is 9.24. The largest absolute Gasteiger partial charge is 0.492 e. The molecule has 0 radical (unpaired) electrons. The first-order valence-corrected chi connectivity index (χ1v) is 6.50. The fourth-order valence-corrected chi connectivity index (χ4v) is 1.54. The van der Waals surface area contributed by atoms with Crippen molar-refractivity contribution < 1.29 is 14.3 Å². The maximum atomic E-state index is 11.3. The van der Waals surface area contributed by atoms with Crippen molar-refractivity contribution in [1.82, 2.24) is 10.6 Å². The highest BCUT2D eigenvalue weighted by Crippen LogP contribution is 2.22. The minimum atomic E-state index is -0.199. The fraction of sp³-hybridized carbons (Fsp3) is 0.462. The van der Waals surface area contributed by atoms with Crippen LogP contribution in [0.1, 0.15) is 6.42 Å². The van der Waals surface area contributed by atoms with Crippen molar-refractivity contribution in [3.8, 4) is 5.75 Å². The van der Waals surface area contributed by atoms with Gasteiger partial charge in [-0.05, 0) is 18.6 Å². The highest BCUT2D eigenvalue weighted by molar-refractivity contribution is 6.32. The van der Waals surface area contributed by atoms with Crippen molar-refractivity contribution in [3.05, 3.63) is 29.3 Å². The van der Waals surface area contributed by atoms with Crippen LogP contribution in [0.3, 0.4) is 0 Å². The van der Waals surface area contributed by atoms with Crippen molar-refractivity contribution in [2.45, 2.75) is 6.42 Å². The predicted octanol–water partition coefficient (Wildman–Crippen LogP) is 2.05. The van der Waals surface area contributed by atoms with Gasteiger partial charge in [-0.1, -0.05) is 23.7 Å². The van der Waals surface area contributed by atoms with Gasteiger partial charge in [-0.25, -0.2) is 4.79 Å². The van der Waals surface area contributed by atoms with Crippen LogP contribution in [0.15, 0.2) is 24.3 Å². The lowest BCUT2D eigenvalue weighted by Crippen LogP contribution is -2.38. The van der Waals surface area contributed by atoms with Gasteiger partial charge < -0.3 is 20.1 Å². The number of hydrogen-bond donors (Lipinski definition) is 2. The monoisotopic (exact) mass is 286 g/mol. The zero-order chi connectivity index (χ0) is 13.9. The number of nitrogens with one attached hydrogen (secondary N) is 2. The highest BCUT2D eigenvalue weighted by atomic mass is 35.5.